The second kappa shape index (κ2) is 4.31. The van der Waals surface area contributed by atoms with E-state index in [0.29, 0.717) is 10.4 Å². The van der Waals surface area contributed by atoms with Crippen LogP contribution in [0.25, 0.3) is 10.1 Å². The lowest BCUT2D eigenvalue weighted by molar-refractivity contribution is 0.104. The average Bonchev–Trinajstić information content (AvgIpc) is 2.81. The summed E-state index contributed by atoms with van der Waals surface area (Å²) < 4.78 is 14.0. The molecule has 2 heterocycles. The molecule has 2 nitrogen and oxygen atoms in total. The normalized spacial score (nSPS) is 10.7. The lowest BCUT2D eigenvalue weighted by Crippen LogP contribution is -1.98. The van der Waals surface area contributed by atoms with E-state index >= 15 is 0 Å². The van der Waals surface area contributed by atoms with Crippen molar-refractivity contribution in [2.75, 3.05) is 0 Å². The Hall–Kier alpha value is -2.07. The van der Waals surface area contributed by atoms with Crippen molar-refractivity contribution in [3.8, 4) is 0 Å². The van der Waals surface area contributed by atoms with Gasteiger partial charge in [-0.2, -0.15) is 0 Å². The minimum absolute atomic E-state index is 0.0790. The molecule has 2 aromatic heterocycles. The van der Waals surface area contributed by atoms with E-state index < -0.39 is 0 Å². The van der Waals surface area contributed by atoms with Crippen LogP contribution in [-0.4, -0.2) is 10.8 Å². The van der Waals surface area contributed by atoms with E-state index in [1.54, 1.807) is 30.5 Å². The number of rotatable bonds is 2. The number of halogens is 1. The van der Waals surface area contributed by atoms with E-state index in [2.05, 4.69) is 4.98 Å². The fourth-order valence-corrected chi connectivity index (χ4v) is 2.77. The highest BCUT2D eigenvalue weighted by molar-refractivity contribution is 7.21. The molecule has 0 fully saturated rings. The highest BCUT2D eigenvalue weighted by atomic mass is 32.1. The molecule has 0 spiro atoms. The predicted octanol–water partition coefficient (Wildman–Crippen LogP) is 3.67. The van der Waals surface area contributed by atoms with Gasteiger partial charge < -0.3 is 0 Å². The summed E-state index contributed by atoms with van der Waals surface area (Å²) in [6, 6.07) is 9.69. The zero-order valence-corrected chi connectivity index (χ0v) is 10.1. The van der Waals surface area contributed by atoms with Gasteiger partial charge in [0, 0.05) is 22.7 Å². The summed E-state index contributed by atoms with van der Waals surface area (Å²) >= 11 is 1.36. The molecule has 0 radical (unpaired) electrons. The molecule has 1 aromatic carbocycles. The number of nitrogens with zero attached hydrogens (tertiary/aromatic N) is 1. The first-order chi connectivity index (χ1) is 8.74. The van der Waals surface area contributed by atoms with Gasteiger partial charge in [-0.1, -0.05) is 0 Å². The Morgan fingerprint density at radius 1 is 1.22 bits per heavy atom. The molecule has 0 bridgehead atoms. The maximum absolute atomic E-state index is 13.1. The Kier molecular flexibility index (Phi) is 2.64. The molecule has 0 amide bonds. The largest absolute Gasteiger partial charge is 0.288 e. The van der Waals surface area contributed by atoms with E-state index in [4.69, 9.17) is 0 Å². The number of carbonyl (C=O) groups excluding carboxylic acids is 1. The van der Waals surface area contributed by atoms with Crippen molar-refractivity contribution in [2.24, 2.45) is 0 Å². The number of carbonyl (C=O) groups is 1. The molecule has 0 saturated heterocycles. The van der Waals surface area contributed by atoms with Gasteiger partial charge in [-0.25, -0.2) is 4.39 Å². The van der Waals surface area contributed by atoms with E-state index in [1.807, 2.05) is 0 Å². The van der Waals surface area contributed by atoms with Crippen molar-refractivity contribution >= 4 is 27.2 Å². The van der Waals surface area contributed by atoms with Gasteiger partial charge in [-0.3, -0.25) is 9.78 Å². The molecular formula is C14H8FNOS. The third-order valence-corrected chi connectivity index (χ3v) is 3.74. The van der Waals surface area contributed by atoms with Crippen LogP contribution in [0.1, 0.15) is 15.2 Å². The van der Waals surface area contributed by atoms with Crippen molar-refractivity contribution in [3.63, 3.8) is 0 Å². The fourth-order valence-electron chi connectivity index (χ4n) is 1.77. The van der Waals surface area contributed by atoms with Crippen LogP contribution >= 0.6 is 11.3 Å². The molecule has 0 saturated carbocycles. The maximum Gasteiger partial charge on any atom is 0.204 e. The lowest BCUT2D eigenvalue weighted by atomic mass is 10.1. The second-order valence-corrected chi connectivity index (χ2v) is 4.95. The summed E-state index contributed by atoms with van der Waals surface area (Å²) in [5, 5.41) is 0.757. The predicted molar refractivity (Wildman–Crippen MR) is 69.5 cm³/mol. The maximum atomic E-state index is 13.1. The molecule has 0 aliphatic heterocycles. The topological polar surface area (TPSA) is 30.0 Å². The van der Waals surface area contributed by atoms with Crippen LogP contribution < -0.4 is 0 Å². The summed E-state index contributed by atoms with van der Waals surface area (Å²) in [5.74, 6) is -0.370. The molecule has 0 aliphatic carbocycles. The van der Waals surface area contributed by atoms with Crippen molar-refractivity contribution in [1.29, 1.82) is 0 Å². The molecule has 18 heavy (non-hydrogen) atoms. The Bertz CT molecular complexity index is 721. The van der Waals surface area contributed by atoms with E-state index in [-0.39, 0.29) is 11.6 Å². The van der Waals surface area contributed by atoms with Gasteiger partial charge in [-0.05, 0) is 41.8 Å². The SMILES string of the molecule is O=C(c1cccnc1)c1cc2cc(F)ccc2s1. The zero-order chi connectivity index (χ0) is 12.5. The third kappa shape index (κ3) is 1.91. The van der Waals surface area contributed by atoms with Crippen molar-refractivity contribution in [3.05, 3.63) is 65.0 Å². The minimum Gasteiger partial charge on any atom is -0.288 e. The Balaban J connectivity index is 2.07. The number of hydrogen-bond donors (Lipinski definition) is 0. The Morgan fingerprint density at radius 3 is 2.89 bits per heavy atom. The molecule has 4 heteroatoms. The summed E-state index contributed by atoms with van der Waals surface area (Å²) in [7, 11) is 0. The number of benzene rings is 1. The first kappa shape index (κ1) is 11.0. The Labute approximate surface area is 107 Å². The summed E-state index contributed by atoms with van der Waals surface area (Å²) in [5.41, 5.74) is 0.546. The zero-order valence-electron chi connectivity index (χ0n) is 9.26. The highest BCUT2D eigenvalue weighted by Crippen LogP contribution is 2.27. The van der Waals surface area contributed by atoms with Crippen LogP contribution in [0.5, 0.6) is 0 Å². The first-order valence-corrected chi connectivity index (χ1v) is 6.19. The van der Waals surface area contributed by atoms with Gasteiger partial charge >= 0.3 is 0 Å². The second-order valence-electron chi connectivity index (χ2n) is 3.86. The van der Waals surface area contributed by atoms with Crippen LogP contribution in [0.15, 0.2) is 48.8 Å². The molecule has 0 unspecified atom stereocenters. The van der Waals surface area contributed by atoms with Crippen molar-refractivity contribution in [1.82, 2.24) is 4.98 Å². The quantitative estimate of drug-likeness (QED) is 0.656. The van der Waals surface area contributed by atoms with Crippen LogP contribution in [0.4, 0.5) is 4.39 Å². The number of thiophene rings is 1. The lowest BCUT2D eigenvalue weighted by Gasteiger charge is -1.95. The third-order valence-electron chi connectivity index (χ3n) is 2.63. The fraction of sp³-hybridized carbons (Fsp3) is 0. The molecular weight excluding hydrogens is 249 g/mol. The van der Waals surface area contributed by atoms with Crippen molar-refractivity contribution in [2.45, 2.75) is 0 Å². The minimum atomic E-state index is -0.291. The summed E-state index contributed by atoms with van der Waals surface area (Å²) in [4.78, 5) is 16.7. The molecule has 0 aliphatic rings. The van der Waals surface area contributed by atoms with Gasteiger partial charge in [0.1, 0.15) is 5.82 Å². The smallest absolute Gasteiger partial charge is 0.204 e. The van der Waals surface area contributed by atoms with Crippen LogP contribution in [-0.2, 0) is 0 Å². The molecule has 88 valence electrons. The molecule has 3 aromatic rings. The van der Waals surface area contributed by atoms with Crippen LogP contribution in [0.2, 0.25) is 0 Å². The number of ketones is 1. The van der Waals surface area contributed by atoms with E-state index in [9.17, 15) is 9.18 Å². The highest BCUT2D eigenvalue weighted by Gasteiger charge is 2.12. The standard InChI is InChI=1S/C14H8FNOS/c15-11-3-4-12-10(6-11)7-13(18-12)14(17)9-2-1-5-16-8-9/h1-8H. The van der Waals surface area contributed by atoms with Crippen LogP contribution in [0.3, 0.4) is 0 Å². The molecule has 0 N–H and O–H groups in total. The van der Waals surface area contributed by atoms with Crippen LogP contribution in [0, 0.1) is 5.82 Å². The molecule has 0 atom stereocenters. The van der Waals surface area contributed by atoms with Gasteiger partial charge in [0.15, 0.2) is 0 Å². The number of aromatic nitrogens is 1. The summed E-state index contributed by atoms with van der Waals surface area (Å²) in [6.45, 7) is 0. The number of hydrogen-bond acceptors (Lipinski definition) is 3. The van der Waals surface area contributed by atoms with Gasteiger partial charge in [0.25, 0.3) is 0 Å². The van der Waals surface area contributed by atoms with Crippen molar-refractivity contribution < 1.29 is 9.18 Å². The number of pyridine rings is 1. The summed E-state index contributed by atoms with van der Waals surface area (Å²) in [6.07, 6.45) is 3.16. The average molecular weight is 257 g/mol. The van der Waals surface area contributed by atoms with Gasteiger partial charge in [0.05, 0.1) is 4.88 Å². The van der Waals surface area contributed by atoms with Gasteiger partial charge in [-0.15, -0.1) is 11.3 Å². The van der Waals surface area contributed by atoms with E-state index in [0.717, 1.165) is 10.1 Å². The van der Waals surface area contributed by atoms with E-state index in [1.165, 1.54) is 29.7 Å². The Morgan fingerprint density at radius 2 is 2.11 bits per heavy atom. The molecule has 3 rings (SSSR count). The number of fused-ring (bicyclic) bond motifs is 1. The monoisotopic (exact) mass is 257 g/mol. The first-order valence-electron chi connectivity index (χ1n) is 5.38. The van der Waals surface area contributed by atoms with Gasteiger partial charge in [0.2, 0.25) is 5.78 Å².